The monoisotopic (exact) mass is 406 g/mol. The van der Waals surface area contributed by atoms with Gasteiger partial charge in [0.2, 0.25) is 0 Å². The first-order valence-electron chi connectivity index (χ1n) is 9.19. The minimum absolute atomic E-state index is 0.0119. The third kappa shape index (κ3) is 5.99. The van der Waals surface area contributed by atoms with Gasteiger partial charge in [-0.1, -0.05) is 6.42 Å². The van der Waals surface area contributed by atoms with E-state index in [2.05, 4.69) is 10.6 Å². The third-order valence-electron chi connectivity index (χ3n) is 4.36. The lowest BCUT2D eigenvalue weighted by Crippen LogP contribution is -2.38. The highest BCUT2D eigenvalue weighted by Gasteiger charge is 2.36. The summed E-state index contributed by atoms with van der Waals surface area (Å²) < 4.78 is 0. The van der Waals surface area contributed by atoms with Crippen LogP contribution in [-0.2, 0) is 4.79 Å². The topological polar surface area (TPSA) is 159 Å². The third-order valence-corrected chi connectivity index (χ3v) is 4.36. The zero-order valence-corrected chi connectivity index (χ0v) is 15.7. The first-order chi connectivity index (χ1) is 13.8. The van der Waals surface area contributed by atoms with Crippen LogP contribution >= 0.6 is 0 Å². The molecule has 0 fully saturated rings. The molecule has 1 heterocycles. The molecule has 3 N–H and O–H groups in total. The predicted molar refractivity (Wildman–Crippen MR) is 101 cm³/mol. The number of rotatable bonds is 11. The average molecular weight is 406 g/mol. The number of non-ortho nitro benzene ring substituents is 1. The van der Waals surface area contributed by atoms with Crippen molar-refractivity contribution in [2.45, 2.75) is 32.1 Å². The molecule has 0 aliphatic carbocycles. The SMILES string of the molecule is O=C(O)CCCCCNC(=O)NCCCN1C(=O)c2ccc([N+](=O)[O-])cc2C1=O. The maximum atomic E-state index is 12.3. The van der Waals surface area contributed by atoms with Gasteiger partial charge in [-0.3, -0.25) is 29.4 Å². The normalized spacial score (nSPS) is 12.6. The molecule has 0 bridgehead atoms. The molecule has 1 aromatic rings. The summed E-state index contributed by atoms with van der Waals surface area (Å²) in [5, 5.41) is 24.6. The maximum Gasteiger partial charge on any atom is 0.314 e. The van der Waals surface area contributed by atoms with E-state index in [0.29, 0.717) is 32.2 Å². The zero-order valence-electron chi connectivity index (χ0n) is 15.7. The highest BCUT2D eigenvalue weighted by atomic mass is 16.6. The van der Waals surface area contributed by atoms with Crippen LogP contribution in [0.5, 0.6) is 0 Å². The number of hydrogen-bond donors (Lipinski definition) is 3. The van der Waals surface area contributed by atoms with Crippen molar-refractivity contribution in [2.75, 3.05) is 19.6 Å². The summed E-state index contributed by atoms with van der Waals surface area (Å²) in [7, 11) is 0. The van der Waals surface area contributed by atoms with Crippen molar-refractivity contribution >= 4 is 29.5 Å². The van der Waals surface area contributed by atoms with E-state index in [4.69, 9.17) is 5.11 Å². The number of nitrogens with one attached hydrogen (secondary N) is 2. The number of imide groups is 1. The summed E-state index contributed by atoms with van der Waals surface area (Å²) >= 11 is 0. The van der Waals surface area contributed by atoms with Crippen LogP contribution in [0.15, 0.2) is 18.2 Å². The van der Waals surface area contributed by atoms with Gasteiger partial charge in [0.1, 0.15) is 0 Å². The molecule has 0 atom stereocenters. The zero-order chi connectivity index (χ0) is 21.4. The second-order valence-electron chi connectivity index (χ2n) is 6.49. The van der Waals surface area contributed by atoms with E-state index in [-0.39, 0.29) is 42.4 Å². The Labute approximate surface area is 166 Å². The van der Waals surface area contributed by atoms with Crippen LogP contribution < -0.4 is 10.6 Å². The Bertz CT molecular complexity index is 824. The Kier molecular flexibility index (Phi) is 7.63. The van der Waals surface area contributed by atoms with Crippen LogP contribution in [0.4, 0.5) is 10.5 Å². The minimum atomic E-state index is -0.841. The molecule has 29 heavy (non-hydrogen) atoms. The van der Waals surface area contributed by atoms with Crippen molar-refractivity contribution in [3.05, 3.63) is 39.4 Å². The summed E-state index contributed by atoms with van der Waals surface area (Å²) in [5.74, 6) is -1.93. The number of hydrogen-bond acceptors (Lipinski definition) is 6. The van der Waals surface area contributed by atoms with Gasteiger partial charge in [-0.25, -0.2) is 4.79 Å². The molecule has 11 nitrogen and oxygen atoms in total. The number of nitro groups is 1. The summed E-state index contributed by atoms with van der Waals surface area (Å²) in [6, 6.07) is 3.16. The van der Waals surface area contributed by atoms with Gasteiger partial charge in [0, 0.05) is 38.2 Å². The average Bonchev–Trinajstić information content (AvgIpc) is 2.91. The molecule has 0 saturated heterocycles. The second-order valence-corrected chi connectivity index (χ2v) is 6.49. The number of nitrogens with zero attached hydrogens (tertiary/aromatic N) is 2. The smallest absolute Gasteiger partial charge is 0.314 e. The molecule has 0 radical (unpaired) electrons. The molecule has 4 amide bonds. The van der Waals surface area contributed by atoms with Crippen LogP contribution in [0.25, 0.3) is 0 Å². The quantitative estimate of drug-likeness (QED) is 0.217. The number of carboxylic acids is 1. The fourth-order valence-corrected chi connectivity index (χ4v) is 2.88. The largest absolute Gasteiger partial charge is 0.481 e. The number of carbonyl (C=O) groups excluding carboxylic acids is 3. The highest BCUT2D eigenvalue weighted by Crippen LogP contribution is 2.26. The van der Waals surface area contributed by atoms with Crippen LogP contribution in [0, 0.1) is 10.1 Å². The van der Waals surface area contributed by atoms with Crippen molar-refractivity contribution in [3.63, 3.8) is 0 Å². The van der Waals surface area contributed by atoms with E-state index < -0.39 is 22.7 Å². The summed E-state index contributed by atoms with van der Waals surface area (Å²) in [5.41, 5.74) is -0.111. The van der Waals surface area contributed by atoms with Gasteiger partial charge in [-0.15, -0.1) is 0 Å². The number of urea groups is 1. The lowest BCUT2D eigenvalue weighted by Gasteiger charge is -2.14. The Morgan fingerprint density at radius 3 is 2.31 bits per heavy atom. The molecule has 0 unspecified atom stereocenters. The second kappa shape index (κ2) is 10.2. The van der Waals surface area contributed by atoms with E-state index in [1.807, 2.05) is 0 Å². The minimum Gasteiger partial charge on any atom is -0.481 e. The Balaban J connectivity index is 1.68. The summed E-state index contributed by atoms with van der Waals surface area (Å²) in [6.45, 7) is 0.733. The number of nitro benzene ring substituents is 1. The molecule has 1 aliphatic heterocycles. The van der Waals surface area contributed by atoms with Gasteiger partial charge < -0.3 is 15.7 Å². The summed E-state index contributed by atoms with van der Waals surface area (Å²) in [4.78, 5) is 57.9. The van der Waals surface area contributed by atoms with E-state index in [0.717, 1.165) is 11.0 Å². The molecular formula is C18H22N4O7. The lowest BCUT2D eigenvalue weighted by atomic mass is 10.1. The maximum absolute atomic E-state index is 12.3. The van der Waals surface area contributed by atoms with E-state index in [1.54, 1.807) is 0 Å². The number of unbranched alkanes of at least 4 members (excludes halogenated alkanes) is 2. The molecular weight excluding hydrogens is 384 g/mol. The summed E-state index contributed by atoms with van der Waals surface area (Å²) in [6.07, 6.45) is 2.37. The Morgan fingerprint density at radius 2 is 1.66 bits per heavy atom. The number of fused-ring (bicyclic) bond motifs is 1. The molecule has 0 saturated carbocycles. The van der Waals surface area contributed by atoms with Gasteiger partial charge in [0.05, 0.1) is 16.1 Å². The van der Waals surface area contributed by atoms with Gasteiger partial charge in [-0.05, 0) is 25.3 Å². The number of carboxylic acid groups (broad SMARTS) is 1. The molecule has 2 rings (SSSR count). The van der Waals surface area contributed by atoms with Crippen LogP contribution in [-0.4, -0.2) is 58.4 Å². The molecule has 0 aromatic heterocycles. The van der Waals surface area contributed by atoms with Gasteiger partial charge in [0.15, 0.2) is 0 Å². The fourth-order valence-electron chi connectivity index (χ4n) is 2.88. The number of amides is 4. The van der Waals surface area contributed by atoms with E-state index in [1.165, 1.54) is 12.1 Å². The molecule has 1 aromatic carbocycles. The van der Waals surface area contributed by atoms with Crippen LogP contribution in [0.2, 0.25) is 0 Å². The number of benzene rings is 1. The van der Waals surface area contributed by atoms with E-state index in [9.17, 15) is 29.3 Å². The first kappa shape index (κ1) is 21.8. The Hall–Kier alpha value is -3.50. The van der Waals surface area contributed by atoms with Crippen molar-refractivity contribution in [3.8, 4) is 0 Å². The molecule has 156 valence electrons. The lowest BCUT2D eigenvalue weighted by molar-refractivity contribution is -0.384. The van der Waals surface area contributed by atoms with Gasteiger partial charge in [0.25, 0.3) is 17.5 Å². The van der Waals surface area contributed by atoms with E-state index >= 15 is 0 Å². The van der Waals surface area contributed by atoms with Gasteiger partial charge in [-0.2, -0.15) is 0 Å². The predicted octanol–water partition coefficient (Wildman–Crippen LogP) is 1.53. The number of aliphatic carboxylic acids is 1. The highest BCUT2D eigenvalue weighted by molar-refractivity contribution is 6.21. The van der Waals surface area contributed by atoms with Gasteiger partial charge >= 0.3 is 12.0 Å². The van der Waals surface area contributed by atoms with Crippen LogP contribution in [0.3, 0.4) is 0 Å². The van der Waals surface area contributed by atoms with Crippen molar-refractivity contribution in [1.82, 2.24) is 15.5 Å². The fraction of sp³-hybridized carbons (Fsp3) is 0.444. The number of carbonyl (C=O) groups is 4. The standard InChI is InChI=1S/C18H22N4O7/c23-15(24)5-2-1-3-8-19-18(27)20-9-4-10-21-16(25)13-7-6-12(22(28)29)11-14(13)17(21)26/h6-7,11H,1-5,8-10H2,(H,23,24)(H2,19,20,27). The molecule has 1 aliphatic rings. The van der Waals surface area contributed by atoms with Crippen molar-refractivity contribution in [1.29, 1.82) is 0 Å². The molecule has 11 heteroatoms. The van der Waals surface area contributed by atoms with Crippen molar-refractivity contribution < 1.29 is 29.2 Å². The first-order valence-corrected chi connectivity index (χ1v) is 9.19. The Morgan fingerprint density at radius 1 is 1.00 bits per heavy atom. The van der Waals surface area contributed by atoms with Crippen molar-refractivity contribution in [2.24, 2.45) is 0 Å². The van der Waals surface area contributed by atoms with Crippen LogP contribution in [0.1, 0.15) is 52.8 Å². The molecule has 0 spiro atoms.